The standard InChI is InChI=1S/C24H31FN2O3/c1-17(28)27(2)22-7-5-18(6-8-22)16-26-21-14-19(13-20(25)15-21)24(30-4)11-9-23(29-3)10-12-24/h5-8,13-15,23,26H,9-12,16H2,1-4H3/t23-,24+. The molecule has 0 saturated heterocycles. The third-order valence-electron chi connectivity index (χ3n) is 6.18. The Kier molecular flexibility index (Phi) is 7.10. The second kappa shape index (κ2) is 9.58. The third kappa shape index (κ3) is 4.99. The molecule has 1 N–H and O–H groups in total. The van der Waals surface area contributed by atoms with Gasteiger partial charge in [0.2, 0.25) is 5.91 Å². The van der Waals surface area contributed by atoms with Gasteiger partial charge in [-0.05, 0) is 67.1 Å². The highest BCUT2D eigenvalue weighted by Crippen LogP contribution is 2.41. The van der Waals surface area contributed by atoms with Crippen LogP contribution in [0.2, 0.25) is 0 Å². The molecule has 162 valence electrons. The highest BCUT2D eigenvalue weighted by atomic mass is 19.1. The minimum absolute atomic E-state index is 0.0141. The van der Waals surface area contributed by atoms with E-state index in [1.165, 1.54) is 13.0 Å². The van der Waals surface area contributed by atoms with Crippen molar-refractivity contribution < 1.29 is 18.7 Å². The van der Waals surface area contributed by atoms with Gasteiger partial charge in [0, 0.05) is 46.1 Å². The largest absolute Gasteiger partial charge is 0.381 e. The van der Waals surface area contributed by atoms with Gasteiger partial charge in [0.15, 0.2) is 0 Å². The number of rotatable bonds is 7. The molecule has 2 aromatic rings. The van der Waals surface area contributed by atoms with Gasteiger partial charge in [0.05, 0.1) is 11.7 Å². The van der Waals surface area contributed by atoms with E-state index in [-0.39, 0.29) is 17.8 Å². The van der Waals surface area contributed by atoms with Crippen LogP contribution in [-0.2, 0) is 26.4 Å². The lowest BCUT2D eigenvalue weighted by Gasteiger charge is -2.39. The van der Waals surface area contributed by atoms with Gasteiger partial charge >= 0.3 is 0 Å². The molecule has 1 amide bonds. The number of hydrogen-bond donors (Lipinski definition) is 1. The van der Waals surface area contributed by atoms with Crippen molar-refractivity contribution in [3.8, 4) is 0 Å². The number of amides is 1. The van der Waals surface area contributed by atoms with E-state index in [4.69, 9.17) is 9.47 Å². The number of benzene rings is 2. The smallest absolute Gasteiger partial charge is 0.223 e. The fraction of sp³-hybridized carbons (Fsp3) is 0.458. The van der Waals surface area contributed by atoms with Gasteiger partial charge in [-0.25, -0.2) is 4.39 Å². The first-order valence-electron chi connectivity index (χ1n) is 10.3. The van der Waals surface area contributed by atoms with E-state index in [0.717, 1.165) is 48.2 Å². The van der Waals surface area contributed by atoms with E-state index in [9.17, 15) is 9.18 Å². The highest BCUT2D eigenvalue weighted by molar-refractivity contribution is 5.90. The number of nitrogens with one attached hydrogen (secondary N) is 1. The zero-order valence-electron chi connectivity index (χ0n) is 18.2. The zero-order chi connectivity index (χ0) is 21.7. The van der Waals surface area contributed by atoms with Crippen LogP contribution >= 0.6 is 0 Å². The van der Waals surface area contributed by atoms with Crippen molar-refractivity contribution in [1.29, 1.82) is 0 Å². The Labute approximate surface area is 178 Å². The molecule has 0 unspecified atom stereocenters. The van der Waals surface area contributed by atoms with Crippen molar-refractivity contribution in [3.05, 3.63) is 59.4 Å². The van der Waals surface area contributed by atoms with E-state index in [2.05, 4.69) is 5.32 Å². The molecule has 0 bridgehead atoms. The Balaban J connectivity index is 1.72. The van der Waals surface area contributed by atoms with Crippen LogP contribution in [0.4, 0.5) is 15.8 Å². The van der Waals surface area contributed by atoms with Crippen LogP contribution in [-0.4, -0.2) is 33.3 Å². The molecular weight excluding hydrogens is 383 g/mol. The van der Waals surface area contributed by atoms with E-state index in [1.807, 2.05) is 30.3 Å². The number of carbonyl (C=O) groups is 1. The molecule has 1 fully saturated rings. The number of carbonyl (C=O) groups excluding carboxylic acids is 1. The number of ether oxygens (including phenoxy) is 2. The zero-order valence-corrected chi connectivity index (χ0v) is 18.2. The Morgan fingerprint density at radius 1 is 1.17 bits per heavy atom. The Morgan fingerprint density at radius 2 is 1.83 bits per heavy atom. The van der Waals surface area contributed by atoms with Gasteiger partial charge < -0.3 is 19.7 Å². The van der Waals surface area contributed by atoms with Crippen molar-refractivity contribution in [2.24, 2.45) is 0 Å². The molecular formula is C24H31FN2O3. The molecule has 5 nitrogen and oxygen atoms in total. The Hall–Kier alpha value is -2.44. The van der Waals surface area contributed by atoms with Crippen molar-refractivity contribution >= 4 is 17.3 Å². The van der Waals surface area contributed by atoms with Crippen LogP contribution in [0.15, 0.2) is 42.5 Å². The topological polar surface area (TPSA) is 50.8 Å². The fourth-order valence-electron chi connectivity index (χ4n) is 4.08. The highest BCUT2D eigenvalue weighted by Gasteiger charge is 2.37. The van der Waals surface area contributed by atoms with Crippen LogP contribution in [0.1, 0.15) is 43.7 Å². The van der Waals surface area contributed by atoms with E-state index < -0.39 is 5.60 Å². The van der Waals surface area contributed by atoms with Crippen LogP contribution in [0, 0.1) is 5.82 Å². The number of nitrogens with zero attached hydrogens (tertiary/aromatic N) is 1. The molecule has 3 rings (SSSR count). The predicted octanol–water partition coefficient (Wildman–Crippen LogP) is 4.85. The molecule has 0 aliphatic heterocycles. The van der Waals surface area contributed by atoms with Crippen LogP contribution in [0.25, 0.3) is 0 Å². The molecule has 6 heteroatoms. The predicted molar refractivity (Wildman–Crippen MR) is 117 cm³/mol. The summed E-state index contributed by atoms with van der Waals surface area (Å²) in [4.78, 5) is 13.1. The molecule has 0 spiro atoms. The molecule has 0 radical (unpaired) electrons. The molecule has 0 aromatic heterocycles. The number of anilines is 2. The summed E-state index contributed by atoms with van der Waals surface area (Å²) in [7, 11) is 5.18. The van der Waals surface area contributed by atoms with Gasteiger partial charge in [0.1, 0.15) is 5.82 Å². The molecule has 30 heavy (non-hydrogen) atoms. The monoisotopic (exact) mass is 414 g/mol. The van der Waals surface area contributed by atoms with Crippen molar-refractivity contribution in [3.63, 3.8) is 0 Å². The molecule has 0 heterocycles. The minimum atomic E-state index is -0.480. The van der Waals surface area contributed by atoms with Crippen LogP contribution < -0.4 is 10.2 Å². The summed E-state index contributed by atoms with van der Waals surface area (Å²) in [5.74, 6) is -0.293. The lowest BCUT2D eigenvalue weighted by molar-refractivity contribution is -0.116. The van der Waals surface area contributed by atoms with Gasteiger partial charge in [-0.1, -0.05) is 12.1 Å². The SMILES string of the molecule is CO[C@H]1CC[C@](OC)(c2cc(F)cc(NCc3ccc(N(C)C(C)=O)cc3)c2)CC1. The summed E-state index contributed by atoms with van der Waals surface area (Å²) in [5.41, 5.74) is 2.99. The summed E-state index contributed by atoms with van der Waals surface area (Å²) in [5, 5.41) is 3.31. The first kappa shape index (κ1) is 22.2. The molecule has 1 saturated carbocycles. The summed E-state index contributed by atoms with van der Waals surface area (Å²) in [6, 6.07) is 12.8. The lowest BCUT2D eigenvalue weighted by atomic mass is 9.78. The van der Waals surface area contributed by atoms with E-state index in [1.54, 1.807) is 32.2 Å². The van der Waals surface area contributed by atoms with Crippen molar-refractivity contribution in [2.45, 2.75) is 50.9 Å². The third-order valence-corrected chi connectivity index (χ3v) is 6.18. The van der Waals surface area contributed by atoms with Gasteiger partial charge in [0.25, 0.3) is 0 Å². The average Bonchev–Trinajstić information content (AvgIpc) is 2.77. The summed E-state index contributed by atoms with van der Waals surface area (Å²) in [6.07, 6.45) is 3.63. The summed E-state index contributed by atoms with van der Waals surface area (Å²) in [6.45, 7) is 2.09. The number of halogens is 1. The van der Waals surface area contributed by atoms with Crippen LogP contribution in [0.5, 0.6) is 0 Å². The second-order valence-corrected chi connectivity index (χ2v) is 7.96. The van der Waals surface area contributed by atoms with E-state index in [0.29, 0.717) is 6.54 Å². The average molecular weight is 415 g/mol. The molecule has 1 aliphatic rings. The van der Waals surface area contributed by atoms with Gasteiger partial charge in [-0.15, -0.1) is 0 Å². The van der Waals surface area contributed by atoms with Gasteiger partial charge in [-0.3, -0.25) is 4.79 Å². The lowest BCUT2D eigenvalue weighted by Crippen LogP contribution is -2.36. The van der Waals surface area contributed by atoms with Crippen molar-refractivity contribution in [2.75, 3.05) is 31.5 Å². The summed E-state index contributed by atoms with van der Waals surface area (Å²) < 4.78 is 25.8. The maximum atomic E-state index is 14.4. The fourth-order valence-corrected chi connectivity index (χ4v) is 4.08. The quantitative estimate of drug-likeness (QED) is 0.704. The first-order chi connectivity index (χ1) is 14.4. The maximum Gasteiger partial charge on any atom is 0.223 e. The molecule has 1 aliphatic carbocycles. The minimum Gasteiger partial charge on any atom is -0.381 e. The summed E-state index contributed by atoms with van der Waals surface area (Å²) >= 11 is 0. The Morgan fingerprint density at radius 3 is 2.40 bits per heavy atom. The van der Waals surface area contributed by atoms with E-state index >= 15 is 0 Å². The first-order valence-corrected chi connectivity index (χ1v) is 10.3. The molecule has 0 atom stereocenters. The number of methoxy groups -OCH3 is 2. The molecule has 2 aromatic carbocycles. The van der Waals surface area contributed by atoms with Crippen LogP contribution in [0.3, 0.4) is 0 Å². The Bertz CT molecular complexity index is 861. The number of hydrogen-bond acceptors (Lipinski definition) is 4. The maximum absolute atomic E-state index is 14.4. The normalized spacial score (nSPS) is 21.3. The van der Waals surface area contributed by atoms with Crippen molar-refractivity contribution in [1.82, 2.24) is 0 Å². The second-order valence-electron chi connectivity index (χ2n) is 7.96. The van der Waals surface area contributed by atoms with Gasteiger partial charge in [-0.2, -0.15) is 0 Å².